The number of hydrogen-bond donors (Lipinski definition) is 1. The van der Waals surface area contributed by atoms with Crippen LogP contribution in [-0.4, -0.2) is 20.9 Å². The maximum atomic E-state index is 12.4. The van der Waals surface area contributed by atoms with Crippen molar-refractivity contribution >= 4 is 5.91 Å². The number of hydrogen-bond acceptors (Lipinski definition) is 4. The predicted molar refractivity (Wildman–Crippen MR) is 95.7 cm³/mol. The lowest BCUT2D eigenvalue weighted by molar-refractivity contribution is -0.122. The summed E-state index contributed by atoms with van der Waals surface area (Å²) in [5.74, 6) is 1.47. The lowest BCUT2D eigenvalue weighted by Crippen LogP contribution is -2.32. The van der Waals surface area contributed by atoms with Crippen LogP contribution in [0, 0.1) is 5.92 Å². The van der Waals surface area contributed by atoms with Gasteiger partial charge in [-0.05, 0) is 50.2 Å². The van der Waals surface area contributed by atoms with Gasteiger partial charge in [-0.2, -0.15) is 0 Å². The average Bonchev–Trinajstić information content (AvgIpc) is 3.15. The van der Waals surface area contributed by atoms with Crippen molar-refractivity contribution in [2.45, 2.75) is 57.4 Å². The second-order valence-electron chi connectivity index (χ2n) is 7.20. The van der Waals surface area contributed by atoms with Crippen LogP contribution >= 0.6 is 0 Å². The zero-order valence-corrected chi connectivity index (χ0v) is 14.4. The van der Waals surface area contributed by atoms with E-state index in [1.54, 1.807) is 12.4 Å². The largest absolute Gasteiger partial charge is 0.349 e. The Bertz CT molecular complexity index is 741. The van der Waals surface area contributed by atoms with Gasteiger partial charge in [0.25, 0.3) is 0 Å². The molecule has 5 nitrogen and oxygen atoms in total. The molecule has 1 amide bonds. The van der Waals surface area contributed by atoms with E-state index in [2.05, 4.69) is 15.3 Å². The van der Waals surface area contributed by atoms with Crippen LogP contribution in [0.3, 0.4) is 0 Å². The molecule has 1 saturated carbocycles. The molecule has 5 heteroatoms. The number of rotatable bonds is 4. The van der Waals surface area contributed by atoms with Crippen molar-refractivity contribution < 1.29 is 4.79 Å². The van der Waals surface area contributed by atoms with Gasteiger partial charge in [-0.15, -0.1) is 0 Å². The number of nitrogens with zero attached hydrogens (tertiary/aromatic N) is 3. The number of nitrogens with one attached hydrogen (secondary N) is 1. The molecule has 4 rings (SSSR count). The Hall–Kier alpha value is -2.30. The Balaban J connectivity index is 1.49. The van der Waals surface area contributed by atoms with Crippen molar-refractivity contribution in [3.63, 3.8) is 0 Å². The van der Waals surface area contributed by atoms with Crippen LogP contribution in [0.2, 0.25) is 0 Å². The minimum absolute atomic E-state index is 0.0561. The van der Waals surface area contributed by atoms with Gasteiger partial charge in [0.1, 0.15) is 0 Å². The van der Waals surface area contributed by atoms with Crippen molar-refractivity contribution in [1.82, 2.24) is 20.3 Å². The average molecular weight is 336 g/mol. The van der Waals surface area contributed by atoms with E-state index in [0.29, 0.717) is 18.2 Å². The van der Waals surface area contributed by atoms with Gasteiger partial charge in [-0.1, -0.05) is 12.8 Å². The second-order valence-corrected chi connectivity index (χ2v) is 7.20. The highest BCUT2D eigenvalue weighted by Gasteiger charge is 2.25. The molecule has 0 radical (unpaired) electrons. The lowest BCUT2D eigenvalue weighted by atomic mass is 9.91. The quantitative estimate of drug-likeness (QED) is 0.926. The molecule has 0 spiro atoms. The van der Waals surface area contributed by atoms with Gasteiger partial charge in [0, 0.05) is 41.8 Å². The summed E-state index contributed by atoms with van der Waals surface area (Å²) < 4.78 is 0. The fourth-order valence-electron chi connectivity index (χ4n) is 4.06. The number of aromatic nitrogens is 3. The van der Waals surface area contributed by atoms with Crippen LogP contribution in [0.15, 0.2) is 30.7 Å². The molecule has 1 fully saturated rings. The SMILES string of the molecule is O=C(CC1CCCC1)NC1CCCc2nc(-c3cccnc3)ncc21. The van der Waals surface area contributed by atoms with Gasteiger partial charge in [0.2, 0.25) is 5.91 Å². The first-order valence-electron chi connectivity index (χ1n) is 9.35. The van der Waals surface area contributed by atoms with Crippen molar-refractivity contribution in [3.8, 4) is 11.4 Å². The smallest absolute Gasteiger partial charge is 0.220 e. The molecular weight excluding hydrogens is 312 g/mol. The summed E-state index contributed by atoms with van der Waals surface area (Å²) in [7, 11) is 0. The Morgan fingerprint density at radius 3 is 2.84 bits per heavy atom. The molecule has 1 unspecified atom stereocenters. The first-order valence-corrected chi connectivity index (χ1v) is 9.35. The van der Waals surface area contributed by atoms with Gasteiger partial charge < -0.3 is 5.32 Å². The van der Waals surface area contributed by atoms with Gasteiger partial charge >= 0.3 is 0 Å². The molecule has 0 saturated heterocycles. The third-order valence-corrected chi connectivity index (χ3v) is 5.39. The summed E-state index contributed by atoms with van der Waals surface area (Å²) in [6, 6.07) is 3.92. The lowest BCUT2D eigenvalue weighted by Gasteiger charge is -2.26. The number of fused-ring (bicyclic) bond motifs is 1. The van der Waals surface area contributed by atoms with Crippen LogP contribution in [0.4, 0.5) is 0 Å². The standard InChI is InChI=1S/C20H24N4O/c25-19(11-14-5-1-2-6-14)23-17-8-3-9-18-16(17)13-22-20(24-18)15-7-4-10-21-12-15/h4,7,10,12-14,17H,1-3,5-6,8-9,11H2,(H,23,25). The number of aryl methyl sites for hydroxylation is 1. The van der Waals surface area contributed by atoms with Crippen LogP contribution in [-0.2, 0) is 11.2 Å². The van der Waals surface area contributed by atoms with E-state index in [9.17, 15) is 4.79 Å². The summed E-state index contributed by atoms with van der Waals surface area (Å²) in [4.78, 5) is 25.8. The maximum absolute atomic E-state index is 12.4. The molecular formula is C20H24N4O. The number of carbonyl (C=O) groups excluding carboxylic acids is 1. The first-order chi connectivity index (χ1) is 12.3. The van der Waals surface area contributed by atoms with Crippen LogP contribution in [0.25, 0.3) is 11.4 Å². The highest BCUT2D eigenvalue weighted by molar-refractivity contribution is 5.76. The fourth-order valence-corrected chi connectivity index (χ4v) is 4.06. The number of amides is 1. The highest BCUT2D eigenvalue weighted by atomic mass is 16.1. The zero-order valence-electron chi connectivity index (χ0n) is 14.4. The number of pyridine rings is 1. The van der Waals surface area contributed by atoms with E-state index >= 15 is 0 Å². The van der Waals surface area contributed by atoms with Crippen LogP contribution < -0.4 is 5.32 Å². The number of carbonyl (C=O) groups is 1. The maximum Gasteiger partial charge on any atom is 0.220 e. The van der Waals surface area contributed by atoms with E-state index < -0.39 is 0 Å². The Labute approximate surface area is 148 Å². The molecule has 130 valence electrons. The third-order valence-electron chi connectivity index (χ3n) is 5.39. The van der Waals surface area contributed by atoms with Gasteiger partial charge in [-0.25, -0.2) is 9.97 Å². The molecule has 2 aromatic rings. The Morgan fingerprint density at radius 2 is 2.04 bits per heavy atom. The molecule has 1 N–H and O–H groups in total. The van der Waals surface area contributed by atoms with Gasteiger partial charge in [0.15, 0.2) is 5.82 Å². The van der Waals surface area contributed by atoms with E-state index in [-0.39, 0.29) is 11.9 Å². The van der Waals surface area contributed by atoms with Crippen LogP contribution in [0.1, 0.15) is 62.2 Å². The molecule has 2 aliphatic carbocycles. The molecule has 0 aromatic carbocycles. The van der Waals surface area contributed by atoms with Crippen molar-refractivity contribution in [1.29, 1.82) is 0 Å². The molecule has 1 atom stereocenters. The molecule has 0 aliphatic heterocycles. The summed E-state index contributed by atoms with van der Waals surface area (Å²) >= 11 is 0. The van der Waals surface area contributed by atoms with Crippen molar-refractivity contribution in [2.75, 3.05) is 0 Å². The van der Waals surface area contributed by atoms with Gasteiger partial charge in [0.05, 0.1) is 6.04 Å². The van der Waals surface area contributed by atoms with E-state index in [1.165, 1.54) is 25.7 Å². The van der Waals surface area contributed by atoms with E-state index in [0.717, 1.165) is 36.1 Å². The highest BCUT2D eigenvalue weighted by Crippen LogP contribution is 2.31. The summed E-state index contributed by atoms with van der Waals surface area (Å²) in [5.41, 5.74) is 3.07. The molecule has 2 heterocycles. The Morgan fingerprint density at radius 1 is 1.16 bits per heavy atom. The van der Waals surface area contributed by atoms with E-state index in [1.807, 2.05) is 18.3 Å². The van der Waals surface area contributed by atoms with E-state index in [4.69, 9.17) is 4.98 Å². The molecule has 25 heavy (non-hydrogen) atoms. The summed E-state index contributed by atoms with van der Waals surface area (Å²) in [6.45, 7) is 0. The minimum atomic E-state index is 0.0561. The third kappa shape index (κ3) is 3.70. The predicted octanol–water partition coefficient (Wildman–Crippen LogP) is 3.61. The molecule has 2 aliphatic rings. The van der Waals surface area contributed by atoms with Crippen molar-refractivity contribution in [2.24, 2.45) is 5.92 Å². The van der Waals surface area contributed by atoms with Gasteiger partial charge in [-0.3, -0.25) is 9.78 Å². The normalized spacial score (nSPS) is 20.2. The first kappa shape index (κ1) is 16.2. The minimum Gasteiger partial charge on any atom is -0.349 e. The van der Waals surface area contributed by atoms with Crippen molar-refractivity contribution in [3.05, 3.63) is 42.0 Å². The second kappa shape index (κ2) is 7.30. The topological polar surface area (TPSA) is 67.8 Å². The molecule has 0 bridgehead atoms. The summed E-state index contributed by atoms with van der Waals surface area (Å²) in [5, 5.41) is 3.23. The Kier molecular flexibility index (Phi) is 4.72. The monoisotopic (exact) mass is 336 g/mol. The summed E-state index contributed by atoms with van der Waals surface area (Å²) in [6.07, 6.45) is 14.0. The zero-order chi connectivity index (χ0) is 17.1. The molecule has 2 aromatic heterocycles. The van der Waals surface area contributed by atoms with Crippen LogP contribution in [0.5, 0.6) is 0 Å². The fraction of sp³-hybridized carbons (Fsp3) is 0.500.